The Labute approximate surface area is 164 Å². The number of amides is 2. The minimum absolute atomic E-state index is 0.0961. The van der Waals surface area contributed by atoms with Crippen molar-refractivity contribution in [1.82, 2.24) is 0 Å². The average Bonchev–Trinajstić information content (AvgIpc) is 2.64. The van der Waals surface area contributed by atoms with E-state index in [4.69, 9.17) is 4.74 Å². The molecule has 0 fully saturated rings. The molecule has 0 radical (unpaired) electrons. The topological polar surface area (TPSA) is 58.6 Å². The van der Waals surface area contributed by atoms with Crippen LogP contribution < -0.4 is 15.0 Å². The number of nitrogens with one attached hydrogen (secondary N) is 1. The van der Waals surface area contributed by atoms with E-state index in [0.29, 0.717) is 12.3 Å². The van der Waals surface area contributed by atoms with E-state index >= 15 is 0 Å². The summed E-state index contributed by atoms with van der Waals surface area (Å²) in [4.78, 5) is 28.4. The second-order valence-electron chi connectivity index (χ2n) is 6.87. The second kappa shape index (κ2) is 7.64. The van der Waals surface area contributed by atoms with E-state index < -0.39 is 5.54 Å². The molecule has 0 spiro atoms. The Morgan fingerprint density at radius 2 is 1.85 bits per heavy atom. The molecule has 1 aliphatic rings. The van der Waals surface area contributed by atoms with Crippen LogP contribution in [0.5, 0.6) is 5.75 Å². The minimum atomic E-state index is -0.959. The van der Waals surface area contributed by atoms with Crippen LogP contribution in [0.4, 0.5) is 11.4 Å². The van der Waals surface area contributed by atoms with Crippen molar-refractivity contribution >= 4 is 35.0 Å². The van der Waals surface area contributed by atoms with Crippen molar-refractivity contribution in [2.75, 3.05) is 16.8 Å². The van der Waals surface area contributed by atoms with Gasteiger partial charge in [0.1, 0.15) is 11.3 Å². The van der Waals surface area contributed by atoms with Gasteiger partial charge in [0.2, 0.25) is 11.8 Å². The Hall–Kier alpha value is -2.47. The van der Waals surface area contributed by atoms with Crippen LogP contribution in [0.25, 0.3) is 0 Å². The number of rotatable bonds is 5. The predicted molar refractivity (Wildman–Crippen MR) is 110 cm³/mol. The van der Waals surface area contributed by atoms with Crippen LogP contribution in [0.3, 0.4) is 0 Å². The molecule has 1 aliphatic heterocycles. The number of ether oxygens (including phenoxy) is 1. The zero-order valence-electron chi connectivity index (χ0n) is 16.0. The molecule has 27 heavy (non-hydrogen) atoms. The molecular formula is C21H24N2O3S. The quantitative estimate of drug-likeness (QED) is 0.780. The van der Waals surface area contributed by atoms with Crippen molar-refractivity contribution in [3.63, 3.8) is 0 Å². The smallest absolute Gasteiger partial charge is 0.250 e. The summed E-state index contributed by atoms with van der Waals surface area (Å²) in [6.07, 6.45) is 0. The Kier molecular flexibility index (Phi) is 5.46. The van der Waals surface area contributed by atoms with E-state index in [1.54, 1.807) is 18.7 Å². The molecule has 5 nitrogen and oxygen atoms in total. The van der Waals surface area contributed by atoms with Crippen LogP contribution in [0.2, 0.25) is 0 Å². The summed E-state index contributed by atoms with van der Waals surface area (Å²) < 4.78 is 5.46. The third-order valence-electron chi connectivity index (χ3n) is 4.52. The molecule has 0 bridgehead atoms. The first-order valence-electron chi connectivity index (χ1n) is 8.98. The first-order chi connectivity index (χ1) is 12.8. The lowest BCUT2D eigenvalue weighted by Crippen LogP contribution is -2.60. The highest BCUT2D eigenvalue weighted by Crippen LogP contribution is 2.38. The molecule has 6 heteroatoms. The largest absolute Gasteiger partial charge is 0.494 e. The van der Waals surface area contributed by atoms with Gasteiger partial charge in [0.25, 0.3) is 0 Å². The minimum Gasteiger partial charge on any atom is -0.494 e. The van der Waals surface area contributed by atoms with Gasteiger partial charge in [-0.1, -0.05) is 12.1 Å². The van der Waals surface area contributed by atoms with E-state index in [1.807, 2.05) is 62.4 Å². The second-order valence-corrected chi connectivity index (χ2v) is 8.28. The Morgan fingerprint density at radius 1 is 1.19 bits per heavy atom. The molecule has 0 aromatic heterocycles. The molecule has 1 atom stereocenters. The number of carbonyl (C=O) groups is 2. The predicted octanol–water partition coefficient (Wildman–Crippen LogP) is 4.33. The van der Waals surface area contributed by atoms with Crippen molar-refractivity contribution < 1.29 is 14.3 Å². The fourth-order valence-electron chi connectivity index (χ4n) is 3.06. The number of para-hydroxylation sites is 2. The highest BCUT2D eigenvalue weighted by atomic mass is 32.2. The standard InChI is InChI=1S/C21H24N2O3S/c1-5-26-15-10-12-16(13-11-15)27-14(2)19(24)23-18-9-7-6-8-17(18)22-20(25)21(23,3)4/h6-14H,5H2,1-4H3,(H,22,25). The fraction of sp³-hybridized carbons (Fsp3) is 0.333. The molecule has 3 rings (SSSR count). The van der Waals surface area contributed by atoms with Gasteiger partial charge < -0.3 is 10.1 Å². The van der Waals surface area contributed by atoms with Gasteiger partial charge in [0.15, 0.2) is 0 Å². The monoisotopic (exact) mass is 384 g/mol. The maximum atomic E-state index is 13.3. The highest BCUT2D eigenvalue weighted by molar-refractivity contribution is 8.00. The van der Waals surface area contributed by atoms with Crippen LogP contribution in [-0.2, 0) is 9.59 Å². The molecule has 2 aromatic carbocycles. The van der Waals surface area contributed by atoms with Gasteiger partial charge in [-0.05, 0) is 64.1 Å². The van der Waals surface area contributed by atoms with E-state index in [2.05, 4.69) is 5.32 Å². The summed E-state index contributed by atoms with van der Waals surface area (Å²) in [6.45, 7) is 7.97. The summed E-state index contributed by atoms with van der Waals surface area (Å²) in [5, 5.41) is 2.54. The molecule has 142 valence electrons. The van der Waals surface area contributed by atoms with Crippen molar-refractivity contribution in [1.29, 1.82) is 0 Å². The molecule has 0 saturated heterocycles. The van der Waals surface area contributed by atoms with Crippen LogP contribution in [0, 0.1) is 0 Å². The van der Waals surface area contributed by atoms with Gasteiger partial charge in [-0.2, -0.15) is 0 Å². The van der Waals surface area contributed by atoms with Gasteiger partial charge in [-0.25, -0.2) is 0 Å². The Morgan fingerprint density at radius 3 is 2.52 bits per heavy atom. The van der Waals surface area contributed by atoms with E-state index in [1.165, 1.54) is 11.8 Å². The van der Waals surface area contributed by atoms with Crippen LogP contribution in [0.15, 0.2) is 53.4 Å². The van der Waals surface area contributed by atoms with E-state index in [-0.39, 0.29) is 17.1 Å². The molecular weight excluding hydrogens is 360 g/mol. The van der Waals surface area contributed by atoms with Crippen LogP contribution in [0.1, 0.15) is 27.7 Å². The fourth-order valence-corrected chi connectivity index (χ4v) is 3.97. The molecule has 1 heterocycles. The zero-order chi connectivity index (χ0) is 19.6. The summed E-state index contributed by atoms with van der Waals surface area (Å²) in [7, 11) is 0. The number of fused-ring (bicyclic) bond motifs is 1. The molecule has 2 aromatic rings. The first kappa shape index (κ1) is 19.3. The first-order valence-corrected chi connectivity index (χ1v) is 9.86. The molecule has 0 saturated carbocycles. The molecule has 1 N–H and O–H groups in total. The molecule has 1 unspecified atom stereocenters. The highest BCUT2D eigenvalue weighted by Gasteiger charge is 2.44. The van der Waals surface area contributed by atoms with Gasteiger partial charge >= 0.3 is 0 Å². The van der Waals surface area contributed by atoms with E-state index in [0.717, 1.165) is 16.3 Å². The number of thioether (sulfide) groups is 1. The summed E-state index contributed by atoms with van der Waals surface area (Å²) in [5.41, 5.74) is 0.429. The van der Waals surface area contributed by atoms with Crippen LogP contribution in [-0.4, -0.2) is 29.2 Å². The van der Waals surface area contributed by atoms with Gasteiger partial charge in [0, 0.05) is 4.90 Å². The van der Waals surface area contributed by atoms with Gasteiger partial charge in [-0.3, -0.25) is 14.5 Å². The summed E-state index contributed by atoms with van der Waals surface area (Å²) >= 11 is 1.47. The normalized spacial score (nSPS) is 16.3. The van der Waals surface area contributed by atoms with Crippen molar-refractivity contribution in [2.45, 2.75) is 43.4 Å². The number of hydrogen-bond donors (Lipinski definition) is 1. The summed E-state index contributed by atoms with van der Waals surface area (Å²) in [6, 6.07) is 15.1. The lowest BCUT2D eigenvalue weighted by molar-refractivity contribution is -0.126. The number of benzene rings is 2. The van der Waals surface area contributed by atoms with Crippen LogP contribution >= 0.6 is 11.8 Å². The number of nitrogens with zero attached hydrogens (tertiary/aromatic N) is 1. The van der Waals surface area contributed by atoms with Crippen molar-refractivity contribution in [2.24, 2.45) is 0 Å². The lowest BCUT2D eigenvalue weighted by atomic mass is 9.96. The number of carbonyl (C=O) groups excluding carboxylic acids is 2. The van der Waals surface area contributed by atoms with Crippen molar-refractivity contribution in [3.05, 3.63) is 48.5 Å². The maximum Gasteiger partial charge on any atom is 0.250 e. The van der Waals surface area contributed by atoms with Gasteiger partial charge in [0.05, 0.1) is 23.2 Å². The third-order valence-corrected chi connectivity index (χ3v) is 5.62. The number of anilines is 2. The third kappa shape index (κ3) is 3.81. The Bertz CT molecular complexity index is 849. The van der Waals surface area contributed by atoms with Crippen molar-refractivity contribution in [3.8, 4) is 5.75 Å². The number of hydrogen-bond acceptors (Lipinski definition) is 4. The summed E-state index contributed by atoms with van der Waals surface area (Å²) in [5.74, 6) is 0.526. The molecule has 0 aliphatic carbocycles. The average molecular weight is 385 g/mol. The maximum absolute atomic E-state index is 13.3. The zero-order valence-corrected chi connectivity index (χ0v) is 16.8. The SMILES string of the molecule is CCOc1ccc(SC(C)C(=O)N2c3ccccc3NC(=O)C2(C)C)cc1. The van der Waals surface area contributed by atoms with Gasteiger partial charge in [-0.15, -0.1) is 11.8 Å². The Balaban J connectivity index is 1.84. The van der Waals surface area contributed by atoms with E-state index in [9.17, 15) is 9.59 Å². The molecule has 2 amide bonds. The lowest BCUT2D eigenvalue weighted by Gasteiger charge is -2.43.